The van der Waals surface area contributed by atoms with Crippen LogP contribution >= 0.6 is 0 Å². The van der Waals surface area contributed by atoms with Gasteiger partial charge in [0.05, 0.1) is 6.42 Å². The zero-order chi connectivity index (χ0) is 14.0. The number of carbonyl (C=O) groups is 2. The first-order chi connectivity index (χ1) is 8.51. The molecular weight excluding hydrogens is 231 g/mol. The van der Waals surface area contributed by atoms with Crippen LogP contribution in [0.5, 0.6) is 0 Å². The fraction of sp³-hybridized carbons (Fsp3) is 0.833. The number of rotatable bonds is 10. The molecule has 0 radical (unpaired) electrons. The van der Waals surface area contributed by atoms with Crippen LogP contribution in [0.15, 0.2) is 0 Å². The molecule has 4 N–H and O–H groups in total. The third kappa shape index (κ3) is 8.11. The van der Waals surface area contributed by atoms with E-state index in [-0.39, 0.29) is 13.3 Å². The lowest BCUT2D eigenvalue weighted by Crippen LogP contribution is -2.39. The normalized spacial score (nSPS) is 11.9. The lowest BCUT2D eigenvalue weighted by molar-refractivity contribution is -0.138. The summed E-state index contributed by atoms with van der Waals surface area (Å²) < 4.78 is 5.35. The Kier molecular flexibility index (Phi) is 9.37. The standard InChI is InChI=1S/C12H25BN2O3/c1-3-5-7-13(8-6-4-2)18-12(17)10(14)9-11(15)16/h10H,3-9,14H2,1-2H3,(H2,15,16). The average molecular weight is 256 g/mol. The maximum atomic E-state index is 11.7. The molecule has 0 heterocycles. The Morgan fingerprint density at radius 3 is 2.06 bits per heavy atom. The SMILES string of the molecule is CCCCB(CCCC)OC(=O)C(N)CC(N)=O. The van der Waals surface area contributed by atoms with Crippen molar-refractivity contribution in [3.63, 3.8) is 0 Å². The van der Waals surface area contributed by atoms with E-state index >= 15 is 0 Å². The van der Waals surface area contributed by atoms with Crippen LogP contribution in [0.2, 0.25) is 12.6 Å². The molecule has 0 bridgehead atoms. The zero-order valence-corrected chi connectivity index (χ0v) is 11.5. The first-order valence-electron chi connectivity index (χ1n) is 6.75. The van der Waals surface area contributed by atoms with Gasteiger partial charge in [-0.1, -0.05) is 39.5 Å². The maximum Gasteiger partial charge on any atom is 0.361 e. The largest absolute Gasteiger partial charge is 0.535 e. The van der Waals surface area contributed by atoms with Crippen molar-refractivity contribution in [3.05, 3.63) is 0 Å². The lowest BCUT2D eigenvalue weighted by atomic mass is 9.59. The molecule has 0 saturated carbocycles. The highest BCUT2D eigenvalue weighted by atomic mass is 16.5. The van der Waals surface area contributed by atoms with E-state index in [1.165, 1.54) is 0 Å². The van der Waals surface area contributed by atoms with Gasteiger partial charge >= 0.3 is 12.9 Å². The second-order valence-corrected chi connectivity index (χ2v) is 4.62. The summed E-state index contributed by atoms with van der Waals surface area (Å²) in [5, 5.41) is 0. The molecule has 1 amide bonds. The fourth-order valence-electron chi connectivity index (χ4n) is 1.68. The van der Waals surface area contributed by atoms with Gasteiger partial charge in [-0.25, -0.2) is 0 Å². The van der Waals surface area contributed by atoms with E-state index in [9.17, 15) is 9.59 Å². The predicted molar refractivity (Wildman–Crippen MR) is 73.1 cm³/mol. The van der Waals surface area contributed by atoms with E-state index in [1.54, 1.807) is 0 Å². The first-order valence-corrected chi connectivity index (χ1v) is 6.75. The van der Waals surface area contributed by atoms with Crippen LogP contribution in [0.3, 0.4) is 0 Å². The van der Waals surface area contributed by atoms with Gasteiger partial charge in [0.25, 0.3) is 0 Å². The monoisotopic (exact) mass is 256 g/mol. The van der Waals surface area contributed by atoms with Crippen molar-refractivity contribution in [2.45, 2.75) is 64.6 Å². The molecule has 1 atom stereocenters. The van der Waals surface area contributed by atoms with E-state index in [0.717, 1.165) is 38.3 Å². The lowest BCUT2D eigenvalue weighted by Gasteiger charge is -2.16. The minimum Gasteiger partial charge on any atom is -0.535 e. The Bertz CT molecular complexity index is 254. The molecule has 5 nitrogen and oxygen atoms in total. The molecule has 0 rings (SSSR count). The van der Waals surface area contributed by atoms with Crippen LogP contribution in [0.25, 0.3) is 0 Å². The summed E-state index contributed by atoms with van der Waals surface area (Å²) in [6.45, 7) is 4.10. The number of carbonyl (C=O) groups excluding carboxylic acids is 2. The topological polar surface area (TPSA) is 95.4 Å². The highest BCUT2D eigenvalue weighted by Gasteiger charge is 2.24. The van der Waals surface area contributed by atoms with Crippen LogP contribution in [0.1, 0.15) is 46.0 Å². The van der Waals surface area contributed by atoms with E-state index in [2.05, 4.69) is 13.8 Å². The van der Waals surface area contributed by atoms with Gasteiger partial charge < -0.3 is 16.1 Å². The van der Waals surface area contributed by atoms with Gasteiger partial charge in [0, 0.05) is 0 Å². The average Bonchev–Trinajstić information content (AvgIpc) is 2.31. The summed E-state index contributed by atoms with van der Waals surface area (Å²) >= 11 is 0. The molecule has 104 valence electrons. The summed E-state index contributed by atoms with van der Waals surface area (Å²) in [6, 6.07) is -0.937. The molecule has 0 aliphatic carbocycles. The van der Waals surface area contributed by atoms with Crippen molar-refractivity contribution in [2.24, 2.45) is 11.5 Å². The van der Waals surface area contributed by atoms with Crippen LogP contribution in [0.4, 0.5) is 0 Å². The Balaban J connectivity index is 4.18. The Hall–Kier alpha value is -1.04. The Morgan fingerprint density at radius 2 is 1.67 bits per heavy atom. The van der Waals surface area contributed by atoms with Gasteiger partial charge in [-0.05, 0) is 12.6 Å². The molecule has 0 aromatic rings. The summed E-state index contributed by atoms with van der Waals surface area (Å²) in [7, 11) is 0. The van der Waals surface area contributed by atoms with Crippen LogP contribution in [0, 0.1) is 0 Å². The minimum absolute atomic E-state index is 0.0867. The Labute approximate surface area is 110 Å². The number of amides is 1. The van der Waals surface area contributed by atoms with Gasteiger partial charge in [0.1, 0.15) is 6.04 Å². The Morgan fingerprint density at radius 1 is 1.17 bits per heavy atom. The molecule has 18 heavy (non-hydrogen) atoms. The maximum absolute atomic E-state index is 11.7. The number of hydrogen-bond donors (Lipinski definition) is 2. The van der Waals surface area contributed by atoms with Gasteiger partial charge in [-0.3, -0.25) is 9.59 Å². The molecule has 0 aromatic carbocycles. The van der Waals surface area contributed by atoms with E-state index in [0.29, 0.717) is 0 Å². The third-order valence-electron chi connectivity index (χ3n) is 2.77. The molecule has 0 aliphatic heterocycles. The van der Waals surface area contributed by atoms with E-state index < -0.39 is 17.9 Å². The van der Waals surface area contributed by atoms with Crippen molar-refractivity contribution in [1.82, 2.24) is 0 Å². The summed E-state index contributed by atoms with van der Waals surface area (Å²) in [5.41, 5.74) is 10.5. The quantitative estimate of drug-likeness (QED) is 0.576. The van der Waals surface area contributed by atoms with E-state index in [4.69, 9.17) is 16.1 Å². The first kappa shape index (κ1) is 17.0. The predicted octanol–water partition coefficient (Wildman–Crippen LogP) is 1.32. The van der Waals surface area contributed by atoms with Crippen molar-refractivity contribution < 1.29 is 14.2 Å². The van der Waals surface area contributed by atoms with Crippen LogP contribution < -0.4 is 11.5 Å². The highest BCUT2D eigenvalue weighted by molar-refractivity contribution is 6.53. The van der Waals surface area contributed by atoms with Gasteiger partial charge in [0.2, 0.25) is 5.91 Å². The number of hydrogen-bond acceptors (Lipinski definition) is 4. The van der Waals surface area contributed by atoms with Crippen molar-refractivity contribution in [2.75, 3.05) is 0 Å². The molecule has 0 aromatic heterocycles. The molecule has 1 unspecified atom stereocenters. The molecule has 0 spiro atoms. The second-order valence-electron chi connectivity index (χ2n) is 4.62. The molecular formula is C12H25BN2O3. The van der Waals surface area contributed by atoms with Crippen molar-refractivity contribution >= 4 is 18.8 Å². The van der Waals surface area contributed by atoms with Crippen LogP contribution in [-0.4, -0.2) is 24.8 Å². The molecule has 0 saturated heterocycles. The zero-order valence-electron chi connectivity index (χ0n) is 11.5. The highest BCUT2D eigenvalue weighted by Crippen LogP contribution is 2.12. The number of primary amides is 1. The summed E-state index contributed by atoms with van der Waals surface area (Å²) in [6.07, 6.45) is 5.71. The summed E-state index contributed by atoms with van der Waals surface area (Å²) in [4.78, 5) is 22.3. The van der Waals surface area contributed by atoms with Crippen molar-refractivity contribution in [1.29, 1.82) is 0 Å². The van der Waals surface area contributed by atoms with Gasteiger partial charge in [0.15, 0.2) is 0 Å². The number of unbranched alkanes of at least 4 members (excludes halogenated alkanes) is 2. The van der Waals surface area contributed by atoms with Gasteiger partial charge in [-0.15, -0.1) is 0 Å². The smallest absolute Gasteiger partial charge is 0.361 e. The van der Waals surface area contributed by atoms with E-state index in [1.807, 2.05) is 0 Å². The fourth-order valence-corrected chi connectivity index (χ4v) is 1.68. The molecule has 0 aliphatic rings. The van der Waals surface area contributed by atoms with Crippen LogP contribution in [-0.2, 0) is 14.2 Å². The molecule has 0 fully saturated rings. The van der Waals surface area contributed by atoms with Gasteiger partial charge in [-0.2, -0.15) is 0 Å². The number of nitrogens with two attached hydrogens (primary N) is 2. The summed E-state index contributed by atoms with van der Waals surface area (Å²) in [5.74, 6) is -1.11. The minimum atomic E-state index is -0.937. The van der Waals surface area contributed by atoms with Crippen molar-refractivity contribution in [3.8, 4) is 0 Å². The third-order valence-corrected chi connectivity index (χ3v) is 2.77. The second kappa shape index (κ2) is 9.94. The molecule has 6 heteroatoms.